The number of thiophene rings is 1. The molecule has 1 aromatic heterocycles. The van der Waals surface area contributed by atoms with Gasteiger partial charge in [-0.25, -0.2) is 0 Å². The third-order valence-corrected chi connectivity index (χ3v) is 3.59. The molecule has 1 aliphatic heterocycles. The smallest absolute Gasteiger partial charge is 0.124 e. The van der Waals surface area contributed by atoms with Gasteiger partial charge in [-0.2, -0.15) is 16.6 Å². The van der Waals surface area contributed by atoms with Crippen molar-refractivity contribution in [1.29, 1.82) is 5.26 Å². The molecule has 1 aromatic rings. The van der Waals surface area contributed by atoms with E-state index in [2.05, 4.69) is 34.4 Å². The van der Waals surface area contributed by atoms with Crippen LogP contribution in [0.5, 0.6) is 0 Å². The minimum atomic E-state index is -0.0510. The first-order chi connectivity index (χ1) is 7.31. The topological polar surface area (TPSA) is 30.3 Å². The number of nitrogens with zero attached hydrogens (tertiary/aromatic N) is 3. The van der Waals surface area contributed by atoms with Crippen molar-refractivity contribution >= 4 is 11.3 Å². The average Bonchev–Trinajstić information content (AvgIpc) is 2.75. The Morgan fingerprint density at radius 1 is 1.40 bits per heavy atom. The molecule has 0 amide bonds. The lowest BCUT2D eigenvalue weighted by Gasteiger charge is -2.34. The second-order valence-electron chi connectivity index (χ2n) is 3.93. The number of piperazine rings is 1. The van der Waals surface area contributed by atoms with Crippen molar-refractivity contribution < 1.29 is 0 Å². The van der Waals surface area contributed by atoms with Crippen molar-refractivity contribution in [3.05, 3.63) is 22.4 Å². The summed E-state index contributed by atoms with van der Waals surface area (Å²) in [5.41, 5.74) is 1.15. The van der Waals surface area contributed by atoms with E-state index in [1.54, 1.807) is 11.3 Å². The quantitative estimate of drug-likeness (QED) is 0.759. The summed E-state index contributed by atoms with van der Waals surface area (Å²) in [7, 11) is 2.13. The normalized spacial score (nSPS) is 21.1. The van der Waals surface area contributed by atoms with E-state index in [-0.39, 0.29) is 6.04 Å². The monoisotopic (exact) mass is 221 g/mol. The summed E-state index contributed by atoms with van der Waals surface area (Å²) in [4.78, 5) is 4.57. The van der Waals surface area contributed by atoms with Crippen LogP contribution < -0.4 is 0 Å². The maximum absolute atomic E-state index is 9.22. The number of nitriles is 1. The molecular weight excluding hydrogens is 206 g/mol. The molecule has 1 unspecified atom stereocenters. The van der Waals surface area contributed by atoms with Crippen LogP contribution >= 0.6 is 11.3 Å². The largest absolute Gasteiger partial charge is 0.304 e. The molecule has 2 heterocycles. The summed E-state index contributed by atoms with van der Waals surface area (Å²) in [5, 5.41) is 13.3. The molecule has 0 bridgehead atoms. The minimum absolute atomic E-state index is 0.0510. The zero-order chi connectivity index (χ0) is 10.7. The van der Waals surface area contributed by atoms with Crippen LogP contribution in [-0.4, -0.2) is 43.0 Å². The molecule has 4 heteroatoms. The van der Waals surface area contributed by atoms with Crippen molar-refractivity contribution in [3.63, 3.8) is 0 Å². The van der Waals surface area contributed by atoms with Gasteiger partial charge in [0.15, 0.2) is 0 Å². The van der Waals surface area contributed by atoms with E-state index >= 15 is 0 Å². The first-order valence-electron chi connectivity index (χ1n) is 5.15. The molecule has 0 spiro atoms. The fourth-order valence-electron chi connectivity index (χ4n) is 1.88. The molecule has 0 N–H and O–H groups in total. The van der Waals surface area contributed by atoms with Crippen LogP contribution in [-0.2, 0) is 0 Å². The Bertz CT molecular complexity index is 333. The van der Waals surface area contributed by atoms with Crippen molar-refractivity contribution in [2.75, 3.05) is 33.2 Å². The highest BCUT2D eigenvalue weighted by molar-refractivity contribution is 7.08. The van der Waals surface area contributed by atoms with E-state index in [0.29, 0.717) is 0 Å². The maximum Gasteiger partial charge on any atom is 0.124 e. The van der Waals surface area contributed by atoms with Gasteiger partial charge in [0.1, 0.15) is 6.04 Å². The second-order valence-corrected chi connectivity index (χ2v) is 4.71. The molecule has 15 heavy (non-hydrogen) atoms. The third kappa shape index (κ3) is 2.37. The van der Waals surface area contributed by atoms with E-state index in [4.69, 9.17) is 0 Å². The highest BCUT2D eigenvalue weighted by Crippen LogP contribution is 2.23. The standard InChI is InChI=1S/C11H15N3S/c1-13-3-5-14(6-4-13)11(8-12)10-2-7-15-9-10/h2,7,9,11H,3-6H2,1H3. The molecule has 1 fully saturated rings. The van der Waals surface area contributed by atoms with Crippen LogP contribution in [0.3, 0.4) is 0 Å². The highest BCUT2D eigenvalue weighted by atomic mass is 32.1. The Morgan fingerprint density at radius 2 is 2.13 bits per heavy atom. The Labute approximate surface area is 94.5 Å². The highest BCUT2D eigenvalue weighted by Gasteiger charge is 2.23. The van der Waals surface area contributed by atoms with E-state index in [0.717, 1.165) is 31.7 Å². The van der Waals surface area contributed by atoms with Gasteiger partial charge in [-0.15, -0.1) is 0 Å². The van der Waals surface area contributed by atoms with Gasteiger partial charge in [-0.05, 0) is 29.4 Å². The van der Waals surface area contributed by atoms with E-state index < -0.39 is 0 Å². The van der Waals surface area contributed by atoms with E-state index in [1.165, 1.54) is 0 Å². The molecule has 0 aliphatic carbocycles. The molecule has 0 saturated carbocycles. The average molecular weight is 221 g/mol. The van der Waals surface area contributed by atoms with Crippen LogP contribution in [0.1, 0.15) is 11.6 Å². The lowest BCUT2D eigenvalue weighted by molar-refractivity contribution is 0.133. The summed E-state index contributed by atoms with van der Waals surface area (Å²) in [6.45, 7) is 4.10. The van der Waals surface area contributed by atoms with Gasteiger partial charge in [-0.1, -0.05) is 0 Å². The fraction of sp³-hybridized carbons (Fsp3) is 0.545. The Kier molecular flexibility index (Phi) is 3.37. The van der Waals surface area contributed by atoms with Crippen LogP contribution in [0.4, 0.5) is 0 Å². The SMILES string of the molecule is CN1CCN(C(C#N)c2ccsc2)CC1. The molecule has 2 rings (SSSR count). The molecular formula is C11H15N3S. The number of hydrogen-bond donors (Lipinski definition) is 0. The van der Waals surface area contributed by atoms with Crippen molar-refractivity contribution in [1.82, 2.24) is 9.80 Å². The van der Waals surface area contributed by atoms with Gasteiger partial charge < -0.3 is 4.90 Å². The number of hydrogen-bond acceptors (Lipinski definition) is 4. The zero-order valence-corrected chi connectivity index (χ0v) is 9.70. The van der Waals surface area contributed by atoms with Gasteiger partial charge in [-0.3, -0.25) is 4.90 Å². The predicted octanol–water partition coefficient (Wildman–Crippen LogP) is 1.56. The minimum Gasteiger partial charge on any atom is -0.304 e. The van der Waals surface area contributed by atoms with Crippen molar-refractivity contribution in [2.24, 2.45) is 0 Å². The Balaban J connectivity index is 2.05. The van der Waals surface area contributed by atoms with Crippen molar-refractivity contribution in [2.45, 2.75) is 6.04 Å². The fourth-order valence-corrected chi connectivity index (χ4v) is 2.56. The number of likely N-dealkylation sites (N-methyl/N-ethyl adjacent to an activating group) is 1. The van der Waals surface area contributed by atoms with Gasteiger partial charge in [0.05, 0.1) is 6.07 Å². The molecule has 1 aliphatic rings. The van der Waals surface area contributed by atoms with E-state index in [1.807, 2.05) is 5.38 Å². The third-order valence-electron chi connectivity index (χ3n) is 2.88. The predicted molar refractivity (Wildman–Crippen MR) is 61.7 cm³/mol. The van der Waals surface area contributed by atoms with Gasteiger partial charge >= 0.3 is 0 Å². The van der Waals surface area contributed by atoms with Gasteiger partial charge in [0, 0.05) is 26.2 Å². The van der Waals surface area contributed by atoms with Crippen LogP contribution in [0.25, 0.3) is 0 Å². The molecule has 80 valence electrons. The number of rotatable bonds is 2. The summed E-state index contributed by atoms with van der Waals surface area (Å²) >= 11 is 1.66. The first kappa shape index (κ1) is 10.6. The summed E-state index contributed by atoms with van der Waals surface area (Å²) in [6.07, 6.45) is 0. The first-order valence-corrected chi connectivity index (χ1v) is 6.10. The van der Waals surface area contributed by atoms with Crippen LogP contribution in [0.15, 0.2) is 16.8 Å². The zero-order valence-electron chi connectivity index (χ0n) is 8.89. The molecule has 0 radical (unpaired) electrons. The lowest BCUT2D eigenvalue weighted by Crippen LogP contribution is -2.45. The summed E-state index contributed by atoms with van der Waals surface area (Å²) in [6, 6.07) is 4.40. The van der Waals surface area contributed by atoms with Crippen LogP contribution in [0.2, 0.25) is 0 Å². The van der Waals surface area contributed by atoms with Gasteiger partial charge in [0.2, 0.25) is 0 Å². The van der Waals surface area contributed by atoms with Crippen LogP contribution in [0, 0.1) is 11.3 Å². The maximum atomic E-state index is 9.22. The molecule has 1 atom stereocenters. The molecule has 3 nitrogen and oxygen atoms in total. The Hall–Kier alpha value is -0.890. The second kappa shape index (κ2) is 4.75. The molecule has 0 aromatic carbocycles. The van der Waals surface area contributed by atoms with Gasteiger partial charge in [0.25, 0.3) is 0 Å². The lowest BCUT2D eigenvalue weighted by atomic mass is 10.1. The molecule has 1 saturated heterocycles. The van der Waals surface area contributed by atoms with E-state index in [9.17, 15) is 5.26 Å². The summed E-state index contributed by atoms with van der Waals surface area (Å²) in [5.74, 6) is 0. The summed E-state index contributed by atoms with van der Waals surface area (Å²) < 4.78 is 0. The van der Waals surface area contributed by atoms with Crippen molar-refractivity contribution in [3.8, 4) is 6.07 Å². The Morgan fingerprint density at radius 3 is 2.67 bits per heavy atom.